The molecule has 3 nitrogen and oxygen atoms in total. The molecule has 2 heterocycles. The lowest BCUT2D eigenvalue weighted by atomic mass is 10.2. The van der Waals surface area contributed by atoms with Crippen LogP contribution >= 0.6 is 23.2 Å². The quantitative estimate of drug-likeness (QED) is 0.597. The molecule has 0 saturated heterocycles. The van der Waals surface area contributed by atoms with Gasteiger partial charge in [0.15, 0.2) is 5.82 Å². The molecule has 0 radical (unpaired) electrons. The van der Waals surface area contributed by atoms with E-state index in [0.29, 0.717) is 17.4 Å². The van der Waals surface area contributed by atoms with E-state index >= 15 is 0 Å². The molecular formula is C7H7Cl2N3. The summed E-state index contributed by atoms with van der Waals surface area (Å²) in [6, 6.07) is 1.78. The van der Waals surface area contributed by atoms with Crippen molar-refractivity contribution in [3.05, 3.63) is 12.3 Å². The van der Waals surface area contributed by atoms with Crippen molar-refractivity contribution in [2.75, 3.05) is 0 Å². The normalized spacial score (nSPS) is 28.1. The van der Waals surface area contributed by atoms with Crippen LogP contribution < -0.4 is 0 Å². The van der Waals surface area contributed by atoms with Gasteiger partial charge in [-0.1, -0.05) is 23.2 Å². The second kappa shape index (κ2) is 2.47. The molecule has 0 bridgehead atoms. The molecular weight excluding hydrogens is 197 g/mol. The van der Waals surface area contributed by atoms with Crippen molar-refractivity contribution in [3.63, 3.8) is 0 Å². The molecule has 0 spiro atoms. The minimum Gasteiger partial charge on any atom is -0.226 e. The SMILES string of the molecule is CC1(Cl)CC(Cl)=Nc2ccnn21. The van der Waals surface area contributed by atoms with Crippen LogP contribution in [-0.4, -0.2) is 15.0 Å². The van der Waals surface area contributed by atoms with E-state index < -0.39 is 5.00 Å². The van der Waals surface area contributed by atoms with Crippen LogP contribution in [0.5, 0.6) is 0 Å². The van der Waals surface area contributed by atoms with Crippen molar-refractivity contribution in [3.8, 4) is 0 Å². The summed E-state index contributed by atoms with van der Waals surface area (Å²) >= 11 is 12.0. The Bertz CT molecular complexity index is 340. The summed E-state index contributed by atoms with van der Waals surface area (Å²) in [6.45, 7) is 1.86. The van der Waals surface area contributed by atoms with Crippen LogP contribution in [0, 0.1) is 0 Å². The molecule has 0 aliphatic carbocycles. The Balaban J connectivity index is 2.58. The van der Waals surface area contributed by atoms with E-state index in [9.17, 15) is 0 Å². The summed E-state index contributed by atoms with van der Waals surface area (Å²) in [5.74, 6) is 0.712. The van der Waals surface area contributed by atoms with Crippen LogP contribution in [0.1, 0.15) is 13.3 Å². The first-order valence-electron chi connectivity index (χ1n) is 3.56. The van der Waals surface area contributed by atoms with Crippen molar-refractivity contribution in [1.82, 2.24) is 9.78 Å². The van der Waals surface area contributed by atoms with Gasteiger partial charge in [0, 0.05) is 12.5 Å². The van der Waals surface area contributed by atoms with Crippen molar-refractivity contribution >= 4 is 34.2 Å². The highest BCUT2D eigenvalue weighted by molar-refractivity contribution is 6.66. The van der Waals surface area contributed by atoms with Crippen LogP contribution in [0.4, 0.5) is 5.82 Å². The highest BCUT2D eigenvalue weighted by Gasteiger charge is 2.31. The minimum atomic E-state index is -0.572. The van der Waals surface area contributed by atoms with Gasteiger partial charge < -0.3 is 0 Å². The van der Waals surface area contributed by atoms with Gasteiger partial charge in [-0.15, -0.1) is 0 Å². The molecule has 0 N–H and O–H groups in total. The maximum Gasteiger partial charge on any atom is 0.153 e. The average Bonchev–Trinajstić information content (AvgIpc) is 2.32. The van der Waals surface area contributed by atoms with Gasteiger partial charge in [0.2, 0.25) is 0 Å². The predicted molar refractivity (Wildman–Crippen MR) is 49.3 cm³/mol. The Hall–Kier alpha value is -0.540. The Morgan fingerprint density at radius 3 is 3.17 bits per heavy atom. The van der Waals surface area contributed by atoms with Gasteiger partial charge in [0.25, 0.3) is 0 Å². The molecule has 12 heavy (non-hydrogen) atoms. The van der Waals surface area contributed by atoms with E-state index in [1.165, 1.54) is 0 Å². The Morgan fingerprint density at radius 1 is 1.67 bits per heavy atom. The first-order chi connectivity index (χ1) is 5.59. The third kappa shape index (κ3) is 1.13. The molecule has 0 fully saturated rings. The first-order valence-corrected chi connectivity index (χ1v) is 4.32. The van der Waals surface area contributed by atoms with E-state index in [1.807, 2.05) is 6.92 Å². The lowest BCUT2D eigenvalue weighted by molar-refractivity contribution is 0.438. The minimum absolute atomic E-state index is 0.519. The lowest BCUT2D eigenvalue weighted by Gasteiger charge is -2.26. The van der Waals surface area contributed by atoms with Crippen LogP contribution in [0.15, 0.2) is 17.3 Å². The van der Waals surface area contributed by atoms with Crippen LogP contribution in [0.25, 0.3) is 0 Å². The molecule has 1 aliphatic rings. The molecule has 1 aliphatic heterocycles. The number of halogens is 2. The second-order valence-electron chi connectivity index (χ2n) is 2.91. The standard InChI is InChI=1S/C7H7Cl2N3/c1-7(9)4-5(8)11-6-2-3-10-12(6)7/h2-3H,4H2,1H3. The van der Waals surface area contributed by atoms with Gasteiger partial charge in [-0.3, -0.25) is 0 Å². The number of hydrogen-bond donors (Lipinski definition) is 0. The predicted octanol–water partition coefficient (Wildman–Crippen LogP) is 2.47. The van der Waals surface area contributed by atoms with E-state index in [0.717, 1.165) is 0 Å². The number of hydrogen-bond acceptors (Lipinski definition) is 2. The average molecular weight is 204 g/mol. The Morgan fingerprint density at radius 2 is 2.42 bits per heavy atom. The fourth-order valence-electron chi connectivity index (χ4n) is 1.25. The van der Waals surface area contributed by atoms with E-state index in [-0.39, 0.29) is 0 Å². The van der Waals surface area contributed by atoms with Crippen LogP contribution in [0.2, 0.25) is 0 Å². The summed E-state index contributed by atoms with van der Waals surface area (Å²) < 4.78 is 1.67. The number of rotatable bonds is 0. The fourth-order valence-corrected chi connectivity index (χ4v) is 1.92. The van der Waals surface area contributed by atoms with Gasteiger partial charge in [-0.05, 0) is 6.92 Å². The van der Waals surface area contributed by atoms with Gasteiger partial charge in [0.1, 0.15) is 10.2 Å². The molecule has 0 aromatic carbocycles. The third-order valence-electron chi connectivity index (χ3n) is 1.77. The van der Waals surface area contributed by atoms with E-state index in [1.54, 1.807) is 16.9 Å². The van der Waals surface area contributed by atoms with E-state index in [2.05, 4.69) is 10.1 Å². The fraction of sp³-hybridized carbons (Fsp3) is 0.429. The second-order valence-corrected chi connectivity index (χ2v) is 4.16. The van der Waals surface area contributed by atoms with Gasteiger partial charge in [0.05, 0.1) is 6.20 Å². The smallest absolute Gasteiger partial charge is 0.153 e. The molecule has 0 saturated carbocycles. The van der Waals surface area contributed by atoms with Gasteiger partial charge in [-0.2, -0.15) is 5.10 Å². The molecule has 1 unspecified atom stereocenters. The third-order valence-corrected chi connectivity index (χ3v) is 2.28. The zero-order valence-corrected chi connectivity index (χ0v) is 7.97. The van der Waals surface area contributed by atoms with Crippen molar-refractivity contribution in [2.45, 2.75) is 18.3 Å². The lowest BCUT2D eigenvalue weighted by Crippen LogP contribution is -2.29. The molecule has 0 amide bonds. The van der Waals surface area contributed by atoms with E-state index in [4.69, 9.17) is 23.2 Å². The molecule has 5 heteroatoms. The molecule has 1 atom stereocenters. The topological polar surface area (TPSA) is 30.2 Å². The van der Waals surface area contributed by atoms with Gasteiger partial charge >= 0.3 is 0 Å². The summed E-state index contributed by atoms with van der Waals surface area (Å²) in [4.78, 5) is 3.53. The van der Waals surface area contributed by atoms with Gasteiger partial charge in [-0.25, -0.2) is 9.67 Å². The largest absolute Gasteiger partial charge is 0.226 e. The maximum absolute atomic E-state index is 6.17. The summed E-state index contributed by atoms with van der Waals surface area (Å²) in [7, 11) is 0. The zero-order valence-electron chi connectivity index (χ0n) is 6.46. The monoisotopic (exact) mass is 203 g/mol. The van der Waals surface area contributed by atoms with Crippen molar-refractivity contribution < 1.29 is 0 Å². The van der Waals surface area contributed by atoms with Crippen LogP contribution in [-0.2, 0) is 5.00 Å². The number of fused-ring (bicyclic) bond motifs is 1. The molecule has 1 aromatic rings. The zero-order chi connectivity index (χ0) is 8.77. The molecule has 64 valence electrons. The molecule has 1 aromatic heterocycles. The first kappa shape index (κ1) is 8.08. The Labute approximate surface area is 80.0 Å². The Kier molecular flexibility index (Phi) is 1.66. The van der Waals surface area contributed by atoms with Crippen molar-refractivity contribution in [2.24, 2.45) is 4.99 Å². The highest BCUT2D eigenvalue weighted by Crippen LogP contribution is 2.35. The molecule has 2 rings (SSSR count). The number of alkyl halides is 1. The number of aromatic nitrogens is 2. The number of nitrogens with zero attached hydrogens (tertiary/aromatic N) is 3. The summed E-state index contributed by atoms with van der Waals surface area (Å²) in [5, 5.41) is 4.59. The summed E-state index contributed by atoms with van der Waals surface area (Å²) in [6.07, 6.45) is 2.18. The maximum atomic E-state index is 6.17. The van der Waals surface area contributed by atoms with Crippen molar-refractivity contribution in [1.29, 1.82) is 0 Å². The number of aliphatic imine (C=N–C) groups is 1. The van der Waals surface area contributed by atoms with Crippen LogP contribution in [0.3, 0.4) is 0 Å². The summed E-state index contributed by atoms with van der Waals surface area (Å²) in [5.41, 5.74) is 0. The highest BCUT2D eigenvalue weighted by atomic mass is 35.5.